The van der Waals surface area contributed by atoms with Crippen LogP contribution in [-0.4, -0.2) is 28.7 Å². The molecule has 1 aliphatic heterocycles. The molecule has 2 aromatic carbocycles. The van der Waals surface area contributed by atoms with Crippen molar-refractivity contribution in [3.8, 4) is 11.5 Å². The number of hydrogen-bond acceptors (Lipinski definition) is 6. The van der Waals surface area contributed by atoms with Crippen LogP contribution in [0.25, 0.3) is 0 Å². The summed E-state index contributed by atoms with van der Waals surface area (Å²) >= 11 is 0. The van der Waals surface area contributed by atoms with Crippen molar-refractivity contribution in [2.45, 2.75) is 26.3 Å². The van der Waals surface area contributed by atoms with Gasteiger partial charge in [-0.25, -0.2) is 9.97 Å². The minimum atomic E-state index is -4.15. The third-order valence-electron chi connectivity index (χ3n) is 4.79. The molecule has 1 atom stereocenters. The summed E-state index contributed by atoms with van der Waals surface area (Å²) in [5.41, 5.74) is 3.40. The van der Waals surface area contributed by atoms with Crippen molar-refractivity contribution < 1.29 is 17.7 Å². The largest absolute Gasteiger partial charge is 0.453 e. The number of nitrogens with zero attached hydrogens (tertiary/aromatic N) is 3. The Kier molecular flexibility index (Phi) is 4.97. The van der Waals surface area contributed by atoms with Gasteiger partial charge < -0.3 is 9.64 Å². The number of fused-ring (bicyclic) bond motifs is 2. The first-order valence-corrected chi connectivity index (χ1v) is 10.8. The number of rotatable bonds is 5. The molecule has 0 saturated heterocycles. The smallest absolute Gasteiger partial charge is 0.264 e. The van der Waals surface area contributed by atoms with E-state index in [9.17, 15) is 13.0 Å². The van der Waals surface area contributed by atoms with Crippen molar-refractivity contribution in [1.82, 2.24) is 9.97 Å². The maximum absolute atomic E-state index is 11.5. The fourth-order valence-electron chi connectivity index (χ4n) is 3.49. The fourth-order valence-corrected chi connectivity index (χ4v) is 4.01. The average Bonchev–Trinajstić information content (AvgIpc) is 2.67. The first-order valence-electron chi connectivity index (χ1n) is 9.23. The van der Waals surface area contributed by atoms with Crippen molar-refractivity contribution in [2.24, 2.45) is 0 Å². The van der Waals surface area contributed by atoms with Crippen LogP contribution in [0.2, 0.25) is 0 Å². The number of para-hydroxylation sites is 2. The van der Waals surface area contributed by atoms with Crippen LogP contribution in [0.5, 0.6) is 11.5 Å². The maximum atomic E-state index is 11.5. The fraction of sp³-hybridized carbons (Fsp3) is 0.238. The SMILES string of the molecule is Cc1ccc2c(c1)N(C(CCS(=O)(=O)O)c1nccc(C)n1)c1ccccc1O2. The molecule has 0 aliphatic carbocycles. The zero-order valence-electron chi connectivity index (χ0n) is 16.1. The molecule has 1 unspecified atom stereocenters. The zero-order chi connectivity index (χ0) is 20.6. The van der Waals surface area contributed by atoms with Crippen molar-refractivity contribution in [3.63, 3.8) is 0 Å². The van der Waals surface area contributed by atoms with Crippen LogP contribution in [0.15, 0.2) is 54.7 Å². The molecule has 0 radical (unpaired) electrons. The van der Waals surface area contributed by atoms with E-state index in [1.54, 1.807) is 12.3 Å². The Bertz CT molecular complexity index is 1160. The number of anilines is 2. The third-order valence-corrected chi connectivity index (χ3v) is 5.54. The summed E-state index contributed by atoms with van der Waals surface area (Å²) in [4.78, 5) is 11.0. The van der Waals surface area contributed by atoms with Crippen LogP contribution in [0.4, 0.5) is 11.4 Å². The first kappa shape index (κ1) is 19.4. The van der Waals surface area contributed by atoms with Crippen LogP contribution in [0.1, 0.15) is 29.5 Å². The van der Waals surface area contributed by atoms with E-state index >= 15 is 0 Å². The molecule has 8 heteroatoms. The molecule has 1 N–H and O–H groups in total. The molecule has 3 aromatic rings. The lowest BCUT2D eigenvalue weighted by Gasteiger charge is -2.38. The van der Waals surface area contributed by atoms with Gasteiger partial charge in [0.25, 0.3) is 10.1 Å². The molecule has 0 amide bonds. The average molecular weight is 411 g/mol. The second-order valence-corrected chi connectivity index (χ2v) is 8.63. The second kappa shape index (κ2) is 7.46. The van der Waals surface area contributed by atoms with Gasteiger partial charge in [-0.3, -0.25) is 4.55 Å². The number of ether oxygens (including phenoxy) is 1. The number of aryl methyl sites for hydroxylation is 2. The third kappa shape index (κ3) is 4.08. The molecule has 4 rings (SSSR count). The molecule has 29 heavy (non-hydrogen) atoms. The highest BCUT2D eigenvalue weighted by molar-refractivity contribution is 7.85. The van der Waals surface area contributed by atoms with E-state index in [2.05, 4.69) is 9.97 Å². The van der Waals surface area contributed by atoms with E-state index in [4.69, 9.17) is 4.74 Å². The molecule has 2 heterocycles. The number of benzene rings is 2. The van der Waals surface area contributed by atoms with Gasteiger partial charge in [0.15, 0.2) is 17.3 Å². The highest BCUT2D eigenvalue weighted by Gasteiger charge is 2.33. The van der Waals surface area contributed by atoms with E-state index in [-0.39, 0.29) is 6.42 Å². The molecule has 0 fully saturated rings. The summed E-state index contributed by atoms with van der Waals surface area (Å²) in [5.74, 6) is 1.40. The van der Waals surface area contributed by atoms with Crippen molar-refractivity contribution in [3.05, 3.63) is 71.8 Å². The summed E-state index contributed by atoms with van der Waals surface area (Å²) in [7, 11) is -4.15. The molecule has 7 nitrogen and oxygen atoms in total. The summed E-state index contributed by atoms with van der Waals surface area (Å²) < 4.78 is 38.5. The minimum absolute atomic E-state index is 0.115. The van der Waals surface area contributed by atoms with E-state index < -0.39 is 21.9 Å². The lowest BCUT2D eigenvalue weighted by atomic mass is 10.0. The van der Waals surface area contributed by atoms with Crippen LogP contribution in [0, 0.1) is 13.8 Å². The van der Waals surface area contributed by atoms with E-state index in [0.29, 0.717) is 17.3 Å². The second-order valence-electron chi connectivity index (χ2n) is 7.06. The quantitative estimate of drug-likeness (QED) is 0.624. The maximum Gasteiger partial charge on any atom is 0.264 e. The predicted molar refractivity (Wildman–Crippen MR) is 110 cm³/mol. The predicted octanol–water partition coefficient (Wildman–Crippen LogP) is 4.36. The normalized spacial score (nSPS) is 14.0. The summed E-state index contributed by atoms with van der Waals surface area (Å²) in [6.45, 7) is 3.84. The summed E-state index contributed by atoms with van der Waals surface area (Å²) in [5, 5.41) is 0. The van der Waals surface area contributed by atoms with Gasteiger partial charge in [0.2, 0.25) is 0 Å². The molecular formula is C21H21N3O4S. The minimum Gasteiger partial charge on any atom is -0.453 e. The zero-order valence-corrected chi connectivity index (χ0v) is 16.9. The standard InChI is InChI=1S/C21H21N3O4S/c1-14-7-8-20-18(13-14)24(16-5-3-4-6-19(16)28-20)17(10-12-29(25,26)27)21-22-11-9-15(2)23-21/h3-9,11,13,17H,10,12H2,1-2H3,(H,25,26,27). The monoisotopic (exact) mass is 411 g/mol. The van der Waals surface area contributed by atoms with Gasteiger partial charge in [-0.15, -0.1) is 0 Å². The van der Waals surface area contributed by atoms with Crippen LogP contribution >= 0.6 is 0 Å². The Hall–Kier alpha value is -2.97. The van der Waals surface area contributed by atoms with Crippen molar-refractivity contribution in [1.29, 1.82) is 0 Å². The lowest BCUT2D eigenvalue weighted by molar-refractivity contribution is 0.458. The van der Waals surface area contributed by atoms with E-state index in [1.165, 1.54) is 0 Å². The van der Waals surface area contributed by atoms with Crippen LogP contribution < -0.4 is 9.64 Å². The lowest BCUT2D eigenvalue weighted by Crippen LogP contribution is -2.30. The molecule has 0 spiro atoms. The van der Waals surface area contributed by atoms with E-state index in [1.807, 2.05) is 61.2 Å². The highest BCUT2D eigenvalue weighted by atomic mass is 32.2. The molecule has 1 aliphatic rings. The van der Waals surface area contributed by atoms with Crippen molar-refractivity contribution in [2.75, 3.05) is 10.7 Å². The van der Waals surface area contributed by atoms with Gasteiger partial charge in [0.05, 0.1) is 23.2 Å². The van der Waals surface area contributed by atoms with E-state index in [0.717, 1.165) is 22.6 Å². The van der Waals surface area contributed by atoms with Crippen LogP contribution in [0.3, 0.4) is 0 Å². The highest BCUT2D eigenvalue weighted by Crippen LogP contribution is 2.50. The summed E-state index contributed by atoms with van der Waals surface area (Å²) in [6.07, 6.45) is 1.77. The van der Waals surface area contributed by atoms with Gasteiger partial charge in [0.1, 0.15) is 0 Å². The number of hydrogen-bond donors (Lipinski definition) is 1. The molecule has 0 saturated carbocycles. The van der Waals surface area contributed by atoms with Crippen molar-refractivity contribution >= 4 is 21.5 Å². The Morgan fingerprint density at radius 2 is 1.83 bits per heavy atom. The number of aromatic nitrogens is 2. The Balaban J connectivity index is 1.90. The Labute approximate surface area is 169 Å². The first-order chi connectivity index (χ1) is 13.8. The molecule has 0 bridgehead atoms. The summed E-state index contributed by atoms with van der Waals surface area (Å²) in [6, 6.07) is 14.7. The van der Waals surface area contributed by atoms with Gasteiger partial charge in [-0.1, -0.05) is 18.2 Å². The van der Waals surface area contributed by atoms with Gasteiger partial charge in [0, 0.05) is 11.9 Å². The Morgan fingerprint density at radius 1 is 1.07 bits per heavy atom. The molecule has 150 valence electrons. The Morgan fingerprint density at radius 3 is 2.59 bits per heavy atom. The van der Waals surface area contributed by atoms with Crippen LogP contribution in [-0.2, 0) is 10.1 Å². The molecule has 1 aromatic heterocycles. The molecular weight excluding hydrogens is 390 g/mol. The van der Waals surface area contributed by atoms with Gasteiger partial charge in [-0.05, 0) is 56.2 Å². The van der Waals surface area contributed by atoms with Gasteiger partial charge in [-0.2, -0.15) is 8.42 Å². The topological polar surface area (TPSA) is 92.6 Å². The van der Waals surface area contributed by atoms with Gasteiger partial charge >= 0.3 is 0 Å².